The lowest BCUT2D eigenvalue weighted by Crippen LogP contribution is -2.08. The van der Waals surface area contributed by atoms with Crippen LogP contribution in [0.2, 0.25) is 0 Å². The maximum atomic E-state index is 10.8. The molecule has 1 aliphatic carbocycles. The Morgan fingerprint density at radius 1 is 0.676 bits per heavy atom. The van der Waals surface area contributed by atoms with Crippen LogP contribution in [0.4, 0.5) is 0 Å². The average Bonchev–Trinajstić information content (AvgIpc) is 2.89. The molecule has 0 radical (unpaired) electrons. The average molecular weight is 496 g/mol. The van der Waals surface area contributed by atoms with E-state index in [-0.39, 0.29) is 34.6 Å². The number of allylic oxidation sites excluding steroid dienone is 1. The normalized spacial score (nSPS) is 15.4. The van der Waals surface area contributed by atoms with Crippen molar-refractivity contribution in [2.24, 2.45) is 5.92 Å². The van der Waals surface area contributed by atoms with Crippen molar-refractivity contribution in [1.82, 2.24) is 15.0 Å². The molecule has 1 aromatic heterocycles. The lowest BCUT2D eigenvalue weighted by molar-refractivity contribution is 0.443. The lowest BCUT2D eigenvalue weighted by atomic mass is 9.88. The van der Waals surface area contributed by atoms with Crippen LogP contribution < -0.4 is 0 Å². The zero-order valence-electron chi connectivity index (χ0n) is 21.0. The second-order valence-electron chi connectivity index (χ2n) is 9.67. The van der Waals surface area contributed by atoms with E-state index in [0.29, 0.717) is 34.0 Å². The van der Waals surface area contributed by atoms with Gasteiger partial charge in [0.05, 0.1) is 11.1 Å². The highest BCUT2D eigenvalue weighted by atomic mass is 16.3. The van der Waals surface area contributed by atoms with E-state index in [9.17, 15) is 20.4 Å². The van der Waals surface area contributed by atoms with Crippen LogP contribution in [-0.2, 0) is 6.42 Å². The van der Waals surface area contributed by atoms with E-state index >= 15 is 0 Å². The number of aromatic nitrogens is 3. The summed E-state index contributed by atoms with van der Waals surface area (Å²) in [5.74, 6) is 0.984. The molecular weight excluding hydrogens is 466 g/mol. The van der Waals surface area contributed by atoms with Crippen molar-refractivity contribution >= 4 is 5.57 Å². The second kappa shape index (κ2) is 9.58. The van der Waals surface area contributed by atoms with Crippen LogP contribution in [0, 0.1) is 19.8 Å². The third-order valence-corrected chi connectivity index (χ3v) is 7.10. The molecule has 1 heterocycles. The number of nitrogens with zero attached hydrogens (tertiary/aromatic N) is 3. The minimum atomic E-state index is -0.130. The molecule has 0 aliphatic heterocycles. The maximum Gasteiger partial charge on any atom is 0.167 e. The molecule has 1 aliphatic rings. The molecule has 4 aromatic rings. The molecule has 1 unspecified atom stereocenters. The highest BCUT2D eigenvalue weighted by Gasteiger charge is 2.22. The van der Waals surface area contributed by atoms with E-state index in [1.807, 2.05) is 12.1 Å². The summed E-state index contributed by atoms with van der Waals surface area (Å²) in [7, 11) is 0. The number of benzene rings is 3. The van der Waals surface area contributed by atoms with E-state index in [4.69, 9.17) is 9.97 Å². The van der Waals surface area contributed by atoms with Gasteiger partial charge >= 0.3 is 0 Å². The van der Waals surface area contributed by atoms with Crippen molar-refractivity contribution < 1.29 is 20.4 Å². The molecule has 0 bridgehead atoms. The molecule has 37 heavy (non-hydrogen) atoms. The van der Waals surface area contributed by atoms with E-state index in [2.05, 4.69) is 30.1 Å². The summed E-state index contributed by atoms with van der Waals surface area (Å²) >= 11 is 0. The Kier molecular flexibility index (Phi) is 6.29. The highest BCUT2D eigenvalue weighted by Crippen LogP contribution is 2.39. The van der Waals surface area contributed by atoms with Crippen molar-refractivity contribution in [2.45, 2.75) is 40.0 Å². The predicted octanol–water partition coefficient (Wildman–Crippen LogP) is 6.05. The van der Waals surface area contributed by atoms with Gasteiger partial charge in [-0.05, 0) is 74.4 Å². The molecule has 0 saturated carbocycles. The third-order valence-electron chi connectivity index (χ3n) is 7.10. The fraction of sp³-hybridized carbons (Fsp3) is 0.233. The Balaban J connectivity index is 1.79. The van der Waals surface area contributed by atoms with Gasteiger partial charge in [-0.25, -0.2) is 15.0 Å². The van der Waals surface area contributed by atoms with Gasteiger partial charge in [0.2, 0.25) is 0 Å². The van der Waals surface area contributed by atoms with Gasteiger partial charge in [0.1, 0.15) is 23.0 Å². The molecule has 5 rings (SSSR count). The Hall–Kier alpha value is -4.39. The Morgan fingerprint density at radius 3 is 1.81 bits per heavy atom. The number of aryl methyl sites for hydroxylation is 1. The van der Waals surface area contributed by atoms with Crippen LogP contribution in [0.25, 0.3) is 28.3 Å². The maximum absolute atomic E-state index is 10.8. The zero-order chi connectivity index (χ0) is 26.3. The first-order valence-electron chi connectivity index (χ1n) is 12.3. The molecule has 0 saturated heterocycles. The second-order valence-corrected chi connectivity index (χ2v) is 9.67. The van der Waals surface area contributed by atoms with Gasteiger partial charge in [0.15, 0.2) is 17.5 Å². The summed E-state index contributed by atoms with van der Waals surface area (Å²) in [5, 5.41) is 41.8. The molecule has 4 N–H and O–H groups in total. The number of aromatic hydroxyl groups is 4. The van der Waals surface area contributed by atoms with Crippen LogP contribution in [0.5, 0.6) is 23.0 Å². The van der Waals surface area contributed by atoms with Crippen molar-refractivity contribution in [3.05, 3.63) is 82.7 Å². The highest BCUT2D eigenvalue weighted by molar-refractivity contribution is 5.81. The lowest BCUT2D eigenvalue weighted by Gasteiger charge is -2.19. The summed E-state index contributed by atoms with van der Waals surface area (Å²) in [6.45, 7) is 5.45. The molecule has 0 fully saturated rings. The molecule has 3 aromatic carbocycles. The van der Waals surface area contributed by atoms with Crippen molar-refractivity contribution in [3.63, 3.8) is 0 Å². The fourth-order valence-corrected chi connectivity index (χ4v) is 4.64. The van der Waals surface area contributed by atoms with Crippen LogP contribution in [-0.4, -0.2) is 35.4 Å². The van der Waals surface area contributed by atoms with Crippen LogP contribution in [0.1, 0.15) is 47.8 Å². The monoisotopic (exact) mass is 495 g/mol. The summed E-state index contributed by atoms with van der Waals surface area (Å²) in [6, 6.07) is 14.3. The SMILES string of the molecule is Cc1c(O)ccc(-c2nc(C3=CCC(C)CCc4ccccc43)nc(-c3ccc(O)c(C)c3O)n2)c1O. The first-order chi connectivity index (χ1) is 17.7. The van der Waals surface area contributed by atoms with E-state index in [0.717, 1.165) is 30.4 Å². The topological polar surface area (TPSA) is 120 Å². The van der Waals surface area contributed by atoms with Crippen LogP contribution >= 0.6 is 0 Å². The van der Waals surface area contributed by atoms with E-state index < -0.39 is 0 Å². The van der Waals surface area contributed by atoms with Gasteiger partial charge < -0.3 is 20.4 Å². The summed E-state index contributed by atoms with van der Waals surface area (Å²) in [6.07, 6.45) is 5.02. The summed E-state index contributed by atoms with van der Waals surface area (Å²) in [5.41, 5.74) is 4.40. The van der Waals surface area contributed by atoms with Gasteiger partial charge in [0, 0.05) is 16.7 Å². The smallest absolute Gasteiger partial charge is 0.167 e. The third kappa shape index (κ3) is 4.48. The minimum Gasteiger partial charge on any atom is -0.508 e. The number of hydrogen-bond acceptors (Lipinski definition) is 7. The van der Waals surface area contributed by atoms with E-state index in [1.54, 1.807) is 26.0 Å². The summed E-state index contributed by atoms with van der Waals surface area (Å²) < 4.78 is 0. The van der Waals surface area contributed by atoms with E-state index in [1.165, 1.54) is 17.7 Å². The molecule has 188 valence electrons. The van der Waals surface area contributed by atoms with Crippen molar-refractivity contribution in [1.29, 1.82) is 0 Å². The Bertz CT molecular complexity index is 1470. The van der Waals surface area contributed by atoms with Crippen molar-refractivity contribution in [3.8, 4) is 45.8 Å². The molecule has 7 heteroatoms. The van der Waals surface area contributed by atoms with Crippen LogP contribution in [0.3, 0.4) is 0 Å². The number of phenolic OH excluding ortho intramolecular Hbond substituents is 4. The number of hydrogen-bond donors (Lipinski definition) is 4. The standard InChI is InChI=1S/C30H29N3O4/c1-16-8-10-19-6-4-5-7-20(19)21(11-9-16)28-31-29(22-12-14-24(34)17(2)26(22)36)33-30(32-28)23-13-15-25(35)18(3)27(23)37/h4-7,11-16,34-37H,8-10H2,1-3H3. The first kappa shape index (κ1) is 24.3. The predicted molar refractivity (Wildman–Crippen MR) is 142 cm³/mol. The minimum absolute atomic E-state index is 0.0341. The fourth-order valence-electron chi connectivity index (χ4n) is 4.64. The van der Waals surface area contributed by atoms with Crippen LogP contribution in [0.15, 0.2) is 54.6 Å². The number of fused-ring (bicyclic) bond motifs is 1. The first-order valence-corrected chi connectivity index (χ1v) is 12.3. The van der Waals surface area contributed by atoms with Crippen molar-refractivity contribution in [2.75, 3.05) is 0 Å². The number of rotatable bonds is 3. The molecule has 7 nitrogen and oxygen atoms in total. The molecule has 1 atom stereocenters. The zero-order valence-corrected chi connectivity index (χ0v) is 21.0. The summed E-state index contributed by atoms with van der Waals surface area (Å²) in [4.78, 5) is 14.2. The van der Waals surface area contributed by atoms with Gasteiger partial charge in [-0.1, -0.05) is 37.3 Å². The largest absolute Gasteiger partial charge is 0.508 e. The molecule has 0 amide bonds. The Labute approximate surface area is 215 Å². The van der Waals surface area contributed by atoms with Gasteiger partial charge in [-0.3, -0.25) is 0 Å². The van der Waals surface area contributed by atoms with Gasteiger partial charge in [-0.2, -0.15) is 0 Å². The number of phenols is 4. The quantitative estimate of drug-likeness (QED) is 0.273. The van der Waals surface area contributed by atoms with Gasteiger partial charge in [0.25, 0.3) is 0 Å². The molecular formula is C30H29N3O4. The Morgan fingerprint density at radius 2 is 1.22 bits per heavy atom. The van der Waals surface area contributed by atoms with Gasteiger partial charge in [-0.15, -0.1) is 0 Å². The molecule has 0 spiro atoms.